The second-order valence-electron chi connectivity index (χ2n) is 8.19. The summed E-state index contributed by atoms with van der Waals surface area (Å²) in [5, 5.41) is 7.84. The number of aromatic nitrogens is 6. The van der Waals surface area contributed by atoms with E-state index in [4.69, 9.17) is 5.10 Å². The molecular formula is C22H22N8O. The number of amides is 1. The van der Waals surface area contributed by atoms with Crippen LogP contribution in [-0.4, -0.2) is 48.0 Å². The van der Waals surface area contributed by atoms with Gasteiger partial charge in [0.2, 0.25) is 0 Å². The number of carbonyl (C=O) groups is 1. The Morgan fingerprint density at radius 1 is 1.19 bits per heavy atom. The van der Waals surface area contributed by atoms with Gasteiger partial charge in [0.25, 0.3) is 5.91 Å². The number of aromatic amines is 1. The maximum Gasteiger partial charge on any atom is 0.271 e. The lowest BCUT2D eigenvalue weighted by atomic mass is 10.00. The zero-order valence-electron chi connectivity index (χ0n) is 17.1. The summed E-state index contributed by atoms with van der Waals surface area (Å²) in [6, 6.07) is 8.33. The molecule has 1 fully saturated rings. The topological polar surface area (TPSA) is 104 Å². The molecule has 9 heteroatoms. The average molecular weight is 414 g/mol. The van der Waals surface area contributed by atoms with Crippen LogP contribution in [0.15, 0.2) is 43.0 Å². The number of nitrogens with zero attached hydrogens (tertiary/aromatic N) is 6. The molecule has 156 valence electrons. The Morgan fingerprint density at radius 3 is 2.87 bits per heavy atom. The fraction of sp³-hybridized carbons (Fsp3) is 0.318. The minimum absolute atomic E-state index is 0.165. The van der Waals surface area contributed by atoms with Crippen molar-refractivity contribution in [3.05, 3.63) is 71.5 Å². The molecule has 1 atom stereocenters. The SMILES string of the molecule is Cc1cccc2cc([C@H]3c4nc[nH]c4CCN3c3cnc(C(=O)NC4CC4)cn3)nn12. The standard InChI is InChI=1S/C22H22N8O/c1-13-3-2-4-15-9-17(28-30(13)15)21-20-16(25-12-26-20)7-8-29(21)19-11-23-18(10-24-19)22(31)27-14-5-6-14/h2-4,9-12,14,21H,5-8H2,1H3,(H,25,26)(H,27,31)/t21-/m0/s1. The predicted molar refractivity (Wildman–Crippen MR) is 114 cm³/mol. The summed E-state index contributed by atoms with van der Waals surface area (Å²) >= 11 is 0. The number of hydrogen-bond acceptors (Lipinski definition) is 6. The second kappa shape index (κ2) is 6.90. The highest BCUT2D eigenvalue weighted by Crippen LogP contribution is 2.35. The van der Waals surface area contributed by atoms with Gasteiger partial charge < -0.3 is 15.2 Å². The van der Waals surface area contributed by atoms with E-state index in [-0.39, 0.29) is 18.0 Å². The number of imidazole rings is 1. The smallest absolute Gasteiger partial charge is 0.271 e. The van der Waals surface area contributed by atoms with Gasteiger partial charge in [-0.25, -0.2) is 19.5 Å². The van der Waals surface area contributed by atoms with E-state index in [0.29, 0.717) is 11.5 Å². The van der Waals surface area contributed by atoms with Crippen LogP contribution in [0, 0.1) is 6.92 Å². The lowest BCUT2D eigenvalue weighted by molar-refractivity contribution is 0.0945. The molecule has 0 aromatic carbocycles. The summed E-state index contributed by atoms with van der Waals surface area (Å²) in [6.45, 7) is 2.79. The Bertz CT molecular complexity index is 1270. The van der Waals surface area contributed by atoms with Crippen molar-refractivity contribution in [2.24, 2.45) is 0 Å². The van der Waals surface area contributed by atoms with E-state index in [1.54, 1.807) is 18.7 Å². The molecule has 0 saturated heterocycles. The molecule has 6 rings (SSSR count). The molecule has 9 nitrogen and oxygen atoms in total. The quantitative estimate of drug-likeness (QED) is 0.531. The third kappa shape index (κ3) is 3.13. The summed E-state index contributed by atoms with van der Waals surface area (Å²) in [4.78, 5) is 31.3. The molecule has 1 aliphatic heterocycles. The Kier molecular flexibility index (Phi) is 4.02. The number of anilines is 1. The number of nitrogens with one attached hydrogen (secondary N) is 2. The molecule has 1 amide bonds. The first-order valence-electron chi connectivity index (χ1n) is 10.5. The van der Waals surface area contributed by atoms with Gasteiger partial charge in [-0.3, -0.25) is 4.79 Å². The lowest BCUT2D eigenvalue weighted by Crippen LogP contribution is -2.37. The molecule has 4 aromatic rings. The van der Waals surface area contributed by atoms with Gasteiger partial charge in [-0.15, -0.1) is 0 Å². The Morgan fingerprint density at radius 2 is 2.10 bits per heavy atom. The fourth-order valence-corrected chi connectivity index (χ4v) is 4.20. The van der Waals surface area contributed by atoms with Crippen LogP contribution in [0.4, 0.5) is 5.82 Å². The molecule has 1 aliphatic carbocycles. The van der Waals surface area contributed by atoms with Crippen molar-refractivity contribution < 1.29 is 4.79 Å². The van der Waals surface area contributed by atoms with Crippen molar-refractivity contribution in [1.82, 2.24) is 34.9 Å². The van der Waals surface area contributed by atoms with Crippen molar-refractivity contribution in [3.63, 3.8) is 0 Å². The summed E-state index contributed by atoms with van der Waals surface area (Å²) in [6.07, 6.45) is 7.86. The normalized spacial score (nSPS) is 18.2. The number of H-pyrrole nitrogens is 1. The molecule has 0 radical (unpaired) electrons. The van der Waals surface area contributed by atoms with Crippen LogP contribution in [0.5, 0.6) is 0 Å². The van der Waals surface area contributed by atoms with E-state index in [9.17, 15) is 4.79 Å². The van der Waals surface area contributed by atoms with Gasteiger partial charge in [0, 0.05) is 30.4 Å². The molecule has 1 saturated carbocycles. The zero-order chi connectivity index (χ0) is 20.9. The number of hydrogen-bond donors (Lipinski definition) is 2. The van der Waals surface area contributed by atoms with E-state index < -0.39 is 0 Å². The molecule has 2 N–H and O–H groups in total. The van der Waals surface area contributed by atoms with Crippen LogP contribution >= 0.6 is 0 Å². The summed E-state index contributed by atoms with van der Waals surface area (Å²) < 4.78 is 1.95. The van der Waals surface area contributed by atoms with Gasteiger partial charge >= 0.3 is 0 Å². The van der Waals surface area contributed by atoms with Gasteiger partial charge in [-0.1, -0.05) is 6.07 Å². The van der Waals surface area contributed by atoms with Gasteiger partial charge in [-0.2, -0.15) is 5.10 Å². The number of carbonyl (C=O) groups excluding carboxylic acids is 1. The molecular weight excluding hydrogens is 392 g/mol. The van der Waals surface area contributed by atoms with Gasteiger partial charge in [-0.05, 0) is 38.0 Å². The fourth-order valence-electron chi connectivity index (χ4n) is 4.20. The molecule has 0 spiro atoms. The molecule has 31 heavy (non-hydrogen) atoms. The largest absolute Gasteiger partial charge is 0.348 e. The van der Waals surface area contributed by atoms with Crippen molar-refractivity contribution in [2.45, 2.75) is 38.3 Å². The summed E-state index contributed by atoms with van der Waals surface area (Å²) in [5.74, 6) is 0.539. The zero-order valence-corrected chi connectivity index (χ0v) is 17.1. The van der Waals surface area contributed by atoms with Crippen LogP contribution < -0.4 is 10.2 Å². The third-order valence-corrected chi connectivity index (χ3v) is 5.98. The number of aryl methyl sites for hydroxylation is 1. The van der Waals surface area contributed by atoms with Crippen LogP contribution in [0.1, 0.15) is 52.1 Å². The Labute approximate surface area is 178 Å². The van der Waals surface area contributed by atoms with Crippen LogP contribution in [0.2, 0.25) is 0 Å². The highest BCUT2D eigenvalue weighted by Gasteiger charge is 2.34. The van der Waals surface area contributed by atoms with Crippen molar-refractivity contribution in [2.75, 3.05) is 11.4 Å². The highest BCUT2D eigenvalue weighted by molar-refractivity contribution is 5.92. The first-order chi connectivity index (χ1) is 15.2. The molecule has 5 heterocycles. The molecule has 4 aromatic heterocycles. The lowest BCUT2D eigenvalue weighted by Gasteiger charge is -2.34. The first kappa shape index (κ1) is 18.1. The van der Waals surface area contributed by atoms with Crippen LogP contribution in [-0.2, 0) is 6.42 Å². The maximum atomic E-state index is 12.3. The minimum Gasteiger partial charge on any atom is -0.348 e. The number of pyridine rings is 1. The van der Waals surface area contributed by atoms with E-state index in [2.05, 4.69) is 42.3 Å². The Hall–Kier alpha value is -3.75. The second-order valence-corrected chi connectivity index (χ2v) is 8.19. The number of rotatable bonds is 4. The van der Waals surface area contributed by atoms with E-state index in [1.165, 1.54) is 0 Å². The maximum absolute atomic E-state index is 12.3. The van der Waals surface area contributed by atoms with Crippen LogP contribution in [0.25, 0.3) is 5.52 Å². The third-order valence-electron chi connectivity index (χ3n) is 5.98. The van der Waals surface area contributed by atoms with Gasteiger partial charge in [0.1, 0.15) is 17.6 Å². The minimum atomic E-state index is -0.185. The van der Waals surface area contributed by atoms with Crippen molar-refractivity contribution in [3.8, 4) is 0 Å². The number of fused-ring (bicyclic) bond motifs is 2. The van der Waals surface area contributed by atoms with Crippen molar-refractivity contribution in [1.29, 1.82) is 0 Å². The first-order valence-corrected chi connectivity index (χ1v) is 10.5. The summed E-state index contributed by atoms with van der Waals surface area (Å²) in [5.41, 5.74) is 5.41. The molecule has 0 bridgehead atoms. The molecule has 0 unspecified atom stereocenters. The van der Waals surface area contributed by atoms with E-state index in [1.807, 2.05) is 23.6 Å². The Balaban J connectivity index is 1.38. The van der Waals surface area contributed by atoms with E-state index >= 15 is 0 Å². The monoisotopic (exact) mass is 414 g/mol. The molecule has 2 aliphatic rings. The van der Waals surface area contributed by atoms with Crippen molar-refractivity contribution >= 4 is 17.2 Å². The average Bonchev–Trinajstić information content (AvgIpc) is 3.29. The predicted octanol–water partition coefficient (Wildman–Crippen LogP) is 2.20. The van der Waals surface area contributed by atoms with Crippen LogP contribution in [0.3, 0.4) is 0 Å². The van der Waals surface area contributed by atoms with Gasteiger partial charge in [0.15, 0.2) is 0 Å². The summed E-state index contributed by atoms with van der Waals surface area (Å²) in [7, 11) is 0. The highest BCUT2D eigenvalue weighted by atomic mass is 16.2. The van der Waals surface area contributed by atoms with Gasteiger partial charge in [0.05, 0.1) is 35.6 Å². The van der Waals surface area contributed by atoms with E-state index in [0.717, 1.165) is 54.1 Å².